The smallest absolute Gasteiger partial charge is 0.223 e. The number of nitrogens with one attached hydrogen (secondary N) is 1. The molecule has 0 radical (unpaired) electrons. The Balaban J connectivity index is 1.45. The second kappa shape index (κ2) is 9.27. The second-order valence-electron chi connectivity index (χ2n) is 8.44. The maximum absolute atomic E-state index is 12.7. The van der Waals surface area contributed by atoms with Crippen molar-refractivity contribution in [3.05, 3.63) is 64.8 Å². The Morgan fingerprint density at radius 3 is 2.59 bits per heavy atom. The fraction of sp³-hybridized carbons (Fsp3) is 0.346. The van der Waals surface area contributed by atoms with Crippen LogP contribution in [0.15, 0.2) is 42.6 Å². The topological polar surface area (TPSA) is 78.2 Å². The first-order chi connectivity index (χ1) is 15.5. The normalized spacial score (nSPS) is 14.2. The predicted molar refractivity (Wildman–Crippen MR) is 126 cm³/mol. The minimum Gasteiger partial charge on any atom is -0.497 e. The fourth-order valence-electron chi connectivity index (χ4n) is 4.51. The van der Waals surface area contributed by atoms with Gasteiger partial charge in [-0.1, -0.05) is 23.8 Å². The van der Waals surface area contributed by atoms with Crippen LogP contribution in [0.1, 0.15) is 35.1 Å². The largest absolute Gasteiger partial charge is 0.497 e. The van der Waals surface area contributed by atoms with E-state index in [0.29, 0.717) is 12.1 Å². The van der Waals surface area contributed by atoms with E-state index in [1.54, 1.807) is 13.3 Å². The molecule has 1 fully saturated rings. The number of methoxy groups -OCH3 is 1. The number of fused-ring (bicyclic) bond motifs is 1. The lowest BCUT2D eigenvalue weighted by atomic mass is 9.94. The first-order valence-corrected chi connectivity index (χ1v) is 11.0. The third-order valence-electron chi connectivity index (χ3n) is 6.21. The van der Waals surface area contributed by atoms with Gasteiger partial charge in [0.2, 0.25) is 5.91 Å². The number of ether oxygens (including phenoxy) is 1. The van der Waals surface area contributed by atoms with Gasteiger partial charge in [0.1, 0.15) is 11.8 Å². The summed E-state index contributed by atoms with van der Waals surface area (Å²) in [5.74, 6) is 0.872. The number of hydrogen-bond donors (Lipinski definition) is 1. The predicted octanol–water partition coefficient (Wildman–Crippen LogP) is 4.26. The standard InChI is InChI=1S/C26H28N4O2/c1-17-12-18(2)24-23(13-17)25(21(14-27)16-28-24)30-10-8-20(9-11-30)26(31)29-15-19-4-6-22(32-3)7-5-19/h4-7,12-13,16,20H,8-11,15H2,1-3H3,(H,29,31). The molecule has 0 saturated carbocycles. The van der Waals surface area contributed by atoms with Crippen LogP contribution in [-0.4, -0.2) is 31.1 Å². The van der Waals surface area contributed by atoms with Crippen molar-refractivity contribution in [1.29, 1.82) is 5.26 Å². The summed E-state index contributed by atoms with van der Waals surface area (Å²) in [6, 6.07) is 14.3. The number of aromatic nitrogens is 1. The average Bonchev–Trinajstić information content (AvgIpc) is 2.82. The van der Waals surface area contributed by atoms with Gasteiger partial charge in [0.05, 0.1) is 23.9 Å². The number of amides is 1. The maximum atomic E-state index is 12.7. The summed E-state index contributed by atoms with van der Waals surface area (Å²) >= 11 is 0. The molecule has 1 amide bonds. The second-order valence-corrected chi connectivity index (χ2v) is 8.44. The molecule has 0 spiro atoms. The minimum absolute atomic E-state index is 0.0217. The van der Waals surface area contributed by atoms with Crippen molar-refractivity contribution in [3.8, 4) is 11.8 Å². The van der Waals surface area contributed by atoms with Gasteiger partial charge in [0, 0.05) is 37.1 Å². The van der Waals surface area contributed by atoms with Crippen LogP contribution in [0.3, 0.4) is 0 Å². The van der Waals surface area contributed by atoms with E-state index in [1.165, 1.54) is 0 Å². The molecule has 3 aromatic rings. The molecule has 0 bridgehead atoms. The Kier molecular flexibility index (Phi) is 6.27. The lowest BCUT2D eigenvalue weighted by molar-refractivity contribution is -0.125. The van der Waals surface area contributed by atoms with E-state index in [2.05, 4.69) is 47.3 Å². The summed E-state index contributed by atoms with van der Waals surface area (Å²) in [7, 11) is 1.64. The molecule has 6 nitrogen and oxygen atoms in total. The number of hydrogen-bond acceptors (Lipinski definition) is 5. The SMILES string of the molecule is COc1ccc(CNC(=O)C2CCN(c3c(C#N)cnc4c(C)cc(C)cc34)CC2)cc1. The van der Waals surface area contributed by atoms with Crippen LogP contribution >= 0.6 is 0 Å². The van der Waals surface area contributed by atoms with Gasteiger partial charge in [-0.15, -0.1) is 0 Å². The number of anilines is 1. The van der Waals surface area contributed by atoms with Crippen molar-refractivity contribution in [2.45, 2.75) is 33.2 Å². The molecule has 0 atom stereocenters. The van der Waals surface area contributed by atoms with Crippen LogP contribution in [0.25, 0.3) is 10.9 Å². The Hall–Kier alpha value is -3.59. The zero-order valence-corrected chi connectivity index (χ0v) is 18.8. The van der Waals surface area contributed by atoms with Crippen LogP contribution in [0.4, 0.5) is 5.69 Å². The molecule has 0 unspecified atom stereocenters. The molecule has 6 heteroatoms. The van der Waals surface area contributed by atoms with E-state index < -0.39 is 0 Å². The number of pyridine rings is 1. The average molecular weight is 429 g/mol. The van der Waals surface area contributed by atoms with Gasteiger partial charge in [-0.2, -0.15) is 5.26 Å². The molecule has 1 saturated heterocycles. The van der Waals surface area contributed by atoms with Crippen LogP contribution in [0.5, 0.6) is 5.75 Å². The number of piperidine rings is 1. The fourth-order valence-corrected chi connectivity index (χ4v) is 4.51. The van der Waals surface area contributed by atoms with Crippen molar-refractivity contribution < 1.29 is 9.53 Å². The molecule has 0 aliphatic carbocycles. The van der Waals surface area contributed by atoms with Crippen LogP contribution in [-0.2, 0) is 11.3 Å². The third kappa shape index (κ3) is 4.38. The van der Waals surface area contributed by atoms with Crippen molar-refractivity contribution >= 4 is 22.5 Å². The summed E-state index contributed by atoms with van der Waals surface area (Å²) < 4.78 is 5.18. The highest BCUT2D eigenvalue weighted by Gasteiger charge is 2.27. The maximum Gasteiger partial charge on any atom is 0.223 e. The Bertz CT molecular complexity index is 1170. The van der Waals surface area contributed by atoms with Gasteiger partial charge >= 0.3 is 0 Å². The molecule has 1 aliphatic heterocycles. The summed E-state index contributed by atoms with van der Waals surface area (Å²) in [6.45, 7) is 6.10. The highest BCUT2D eigenvalue weighted by Crippen LogP contribution is 2.34. The highest BCUT2D eigenvalue weighted by molar-refractivity contribution is 5.96. The Morgan fingerprint density at radius 1 is 1.22 bits per heavy atom. The summed E-state index contributed by atoms with van der Waals surface area (Å²) in [5.41, 5.74) is 5.78. The molecule has 1 aliphatic rings. The van der Waals surface area contributed by atoms with E-state index in [0.717, 1.165) is 65.0 Å². The van der Waals surface area contributed by atoms with Crippen molar-refractivity contribution in [2.75, 3.05) is 25.1 Å². The van der Waals surface area contributed by atoms with E-state index in [9.17, 15) is 10.1 Å². The number of rotatable bonds is 5. The van der Waals surface area contributed by atoms with E-state index in [4.69, 9.17) is 4.74 Å². The van der Waals surface area contributed by atoms with E-state index >= 15 is 0 Å². The number of nitrogens with zero attached hydrogens (tertiary/aromatic N) is 3. The van der Waals surface area contributed by atoms with Crippen molar-refractivity contribution in [1.82, 2.24) is 10.3 Å². The zero-order chi connectivity index (χ0) is 22.7. The molecule has 1 N–H and O–H groups in total. The van der Waals surface area contributed by atoms with Gasteiger partial charge in [-0.05, 0) is 56.0 Å². The molecule has 1 aromatic heterocycles. The molecular formula is C26H28N4O2. The van der Waals surface area contributed by atoms with E-state index in [1.807, 2.05) is 24.3 Å². The van der Waals surface area contributed by atoms with Crippen LogP contribution in [0, 0.1) is 31.1 Å². The van der Waals surface area contributed by atoms with Gasteiger partial charge in [0.25, 0.3) is 0 Å². The van der Waals surface area contributed by atoms with Crippen molar-refractivity contribution in [2.24, 2.45) is 5.92 Å². The lowest BCUT2D eigenvalue weighted by Gasteiger charge is -2.34. The molecule has 2 heterocycles. The molecular weight excluding hydrogens is 400 g/mol. The number of nitriles is 1. The molecule has 2 aromatic carbocycles. The highest BCUT2D eigenvalue weighted by atomic mass is 16.5. The van der Waals surface area contributed by atoms with Crippen LogP contribution < -0.4 is 15.0 Å². The number of carbonyl (C=O) groups excluding carboxylic acids is 1. The van der Waals surface area contributed by atoms with Crippen molar-refractivity contribution in [3.63, 3.8) is 0 Å². The summed E-state index contributed by atoms with van der Waals surface area (Å²) in [6.07, 6.45) is 3.19. The first kappa shape index (κ1) is 21.6. The van der Waals surface area contributed by atoms with Gasteiger partial charge in [0.15, 0.2) is 0 Å². The van der Waals surface area contributed by atoms with Crippen LogP contribution in [0.2, 0.25) is 0 Å². The summed E-state index contributed by atoms with van der Waals surface area (Å²) in [4.78, 5) is 19.5. The molecule has 4 rings (SSSR count). The minimum atomic E-state index is -0.0217. The first-order valence-electron chi connectivity index (χ1n) is 11.0. The summed E-state index contributed by atoms with van der Waals surface area (Å²) in [5, 5.41) is 13.8. The Labute approximate surface area is 188 Å². The number of aryl methyl sites for hydroxylation is 2. The monoisotopic (exact) mass is 428 g/mol. The lowest BCUT2D eigenvalue weighted by Crippen LogP contribution is -2.40. The van der Waals surface area contributed by atoms with Gasteiger partial charge in [-0.25, -0.2) is 0 Å². The van der Waals surface area contributed by atoms with Gasteiger partial charge in [-0.3, -0.25) is 9.78 Å². The van der Waals surface area contributed by atoms with Gasteiger partial charge < -0.3 is 15.0 Å². The quantitative estimate of drug-likeness (QED) is 0.657. The number of benzene rings is 2. The number of carbonyl (C=O) groups is 1. The van der Waals surface area contributed by atoms with E-state index in [-0.39, 0.29) is 11.8 Å². The zero-order valence-electron chi connectivity index (χ0n) is 18.8. The Morgan fingerprint density at radius 2 is 1.94 bits per heavy atom. The molecule has 164 valence electrons. The molecule has 32 heavy (non-hydrogen) atoms. The third-order valence-corrected chi connectivity index (χ3v) is 6.21.